The van der Waals surface area contributed by atoms with Crippen molar-refractivity contribution in [2.45, 2.75) is 24.9 Å². The fourth-order valence-corrected chi connectivity index (χ4v) is 3.56. The molecule has 1 aromatic rings. The van der Waals surface area contributed by atoms with Crippen LogP contribution in [0.15, 0.2) is 11.2 Å². The van der Waals surface area contributed by atoms with Crippen molar-refractivity contribution in [2.24, 2.45) is 5.92 Å². The Bertz CT molecular complexity index is 401. The number of hydrogen-bond acceptors (Lipinski definition) is 4. The Balaban J connectivity index is 2.03. The molecule has 2 atom stereocenters. The summed E-state index contributed by atoms with van der Waals surface area (Å²) in [5.41, 5.74) is 0.759. The summed E-state index contributed by atoms with van der Waals surface area (Å²) >= 11 is 5.84. The molecule has 0 aliphatic carbocycles. The quantitative estimate of drug-likeness (QED) is 0.671. The Labute approximate surface area is 109 Å². The van der Waals surface area contributed by atoms with E-state index < -0.39 is 10.8 Å². The van der Waals surface area contributed by atoms with E-state index in [4.69, 9.17) is 11.6 Å². The second kappa shape index (κ2) is 5.89. The topological polar surface area (TPSA) is 54.9 Å². The van der Waals surface area contributed by atoms with E-state index in [1.807, 2.05) is 6.92 Å². The third kappa shape index (κ3) is 3.72. The summed E-state index contributed by atoms with van der Waals surface area (Å²) < 4.78 is 12.1. The first-order valence-electron chi connectivity index (χ1n) is 5.75. The van der Waals surface area contributed by atoms with E-state index >= 15 is 0 Å². The van der Waals surface area contributed by atoms with Gasteiger partial charge in [0.05, 0.1) is 10.8 Å². The summed E-state index contributed by atoms with van der Waals surface area (Å²) in [6.45, 7) is 3.83. The summed E-state index contributed by atoms with van der Waals surface area (Å²) in [5, 5.41) is 4.04. The molecule has 0 radical (unpaired) electrons. The third-order valence-electron chi connectivity index (χ3n) is 2.79. The Morgan fingerprint density at radius 2 is 2.41 bits per heavy atom. The molecule has 0 amide bonds. The number of nitrogens with zero attached hydrogens (tertiary/aromatic N) is 2. The van der Waals surface area contributed by atoms with Crippen LogP contribution in [0.4, 0.5) is 0 Å². The summed E-state index contributed by atoms with van der Waals surface area (Å²) in [5.74, 6) is 1.07. The first-order valence-corrected chi connectivity index (χ1v) is 7.45. The molecule has 1 fully saturated rings. The molecule has 1 aliphatic rings. The van der Waals surface area contributed by atoms with Gasteiger partial charge in [-0.05, 0) is 44.8 Å². The van der Waals surface area contributed by atoms with Gasteiger partial charge in [0.25, 0.3) is 0 Å². The van der Waals surface area contributed by atoms with Crippen molar-refractivity contribution in [1.29, 1.82) is 0 Å². The van der Waals surface area contributed by atoms with Gasteiger partial charge in [-0.3, -0.25) is 4.21 Å². The Morgan fingerprint density at radius 1 is 1.59 bits per heavy atom. The molecule has 1 aromatic heterocycles. The zero-order chi connectivity index (χ0) is 12.3. The maximum atomic E-state index is 12.1. The van der Waals surface area contributed by atoms with Crippen molar-refractivity contribution in [1.82, 2.24) is 15.3 Å². The van der Waals surface area contributed by atoms with Crippen LogP contribution in [0.5, 0.6) is 0 Å². The molecule has 0 unspecified atom stereocenters. The van der Waals surface area contributed by atoms with Crippen LogP contribution >= 0.6 is 11.6 Å². The van der Waals surface area contributed by atoms with Crippen molar-refractivity contribution < 1.29 is 4.21 Å². The minimum absolute atomic E-state index is 0.362. The van der Waals surface area contributed by atoms with E-state index in [-0.39, 0.29) is 0 Å². The van der Waals surface area contributed by atoms with Gasteiger partial charge in [-0.2, -0.15) is 0 Å². The van der Waals surface area contributed by atoms with Gasteiger partial charge < -0.3 is 5.32 Å². The molecule has 0 bridgehead atoms. The van der Waals surface area contributed by atoms with Crippen LogP contribution in [0.2, 0.25) is 5.15 Å². The average Bonchev–Trinajstić information content (AvgIpc) is 2.29. The molecule has 2 heterocycles. The number of aryl methyl sites for hydroxylation is 1. The molecule has 0 saturated carbocycles. The van der Waals surface area contributed by atoms with E-state index in [1.165, 1.54) is 0 Å². The molecule has 2 rings (SSSR count). The van der Waals surface area contributed by atoms with Crippen LogP contribution in [-0.2, 0) is 10.8 Å². The van der Waals surface area contributed by atoms with E-state index in [0.29, 0.717) is 22.0 Å². The number of hydrogen-bond donors (Lipinski definition) is 1. The van der Waals surface area contributed by atoms with Crippen LogP contribution < -0.4 is 5.32 Å². The number of aromatic nitrogens is 2. The highest BCUT2D eigenvalue weighted by Gasteiger charge is 2.18. The summed E-state index contributed by atoms with van der Waals surface area (Å²) in [6.07, 6.45) is 2.27. The minimum Gasteiger partial charge on any atom is -0.316 e. The van der Waals surface area contributed by atoms with Gasteiger partial charge in [0, 0.05) is 11.4 Å². The lowest BCUT2D eigenvalue weighted by Gasteiger charge is -2.21. The molecule has 1 saturated heterocycles. The number of nitrogens with one attached hydrogen (secondary N) is 1. The zero-order valence-electron chi connectivity index (χ0n) is 9.78. The number of rotatable bonds is 3. The van der Waals surface area contributed by atoms with Crippen molar-refractivity contribution in [3.05, 3.63) is 16.9 Å². The Kier molecular flexibility index (Phi) is 4.48. The molecule has 4 nitrogen and oxygen atoms in total. The zero-order valence-corrected chi connectivity index (χ0v) is 11.4. The first kappa shape index (κ1) is 12.9. The van der Waals surface area contributed by atoms with Crippen molar-refractivity contribution in [3.8, 4) is 0 Å². The molecule has 0 spiro atoms. The molecule has 6 heteroatoms. The Morgan fingerprint density at radius 3 is 3.06 bits per heavy atom. The van der Waals surface area contributed by atoms with E-state index in [1.54, 1.807) is 6.07 Å². The van der Waals surface area contributed by atoms with Crippen LogP contribution in [0.3, 0.4) is 0 Å². The lowest BCUT2D eigenvalue weighted by atomic mass is 10.0. The summed E-state index contributed by atoms with van der Waals surface area (Å²) in [6, 6.07) is 1.67. The normalized spacial score (nSPS) is 22.4. The van der Waals surface area contributed by atoms with Crippen LogP contribution in [0.1, 0.15) is 18.5 Å². The number of piperidine rings is 1. The van der Waals surface area contributed by atoms with Crippen molar-refractivity contribution in [2.75, 3.05) is 18.8 Å². The van der Waals surface area contributed by atoms with Crippen LogP contribution in [0, 0.1) is 12.8 Å². The lowest BCUT2D eigenvalue weighted by molar-refractivity contribution is 0.407. The second-order valence-electron chi connectivity index (χ2n) is 4.34. The molecular weight excluding hydrogens is 258 g/mol. The van der Waals surface area contributed by atoms with Crippen molar-refractivity contribution in [3.63, 3.8) is 0 Å². The lowest BCUT2D eigenvalue weighted by Crippen LogP contribution is -2.32. The van der Waals surface area contributed by atoms with Gasteiger partial charge in [-0.1, -0.05) is 11.6 Å². The smallest absolute Gasteiger partial charge is 0.220 e. The largest absolute Gasteiger partial charge is 0.316 e. The van der Waals surface area contributed by atoms with Gasteiger partial charge in [-0.15, -0.1) is 0 Å². The highest BCUT2D eigenvalue weighted by Crippen LogP contribution is 2.15. The molecule has 17 heavy (non-hydrogen) atoms. The third-order valence-corrected chi connectivity index (χ3v) is 4.35. The van der Waals surface area contributed by atoms with Gasteiger partial charge in [-0.25, -0.2) is 9.97 Å². The SMILES string of the molecule is Cc1cc(Cl)nc([S@@](=O)C[C@H]2CCCNC2)n1. The predicted molar refractivity (Wildman–Crippen MR) is 68.6 cm³/mol. The standard InChI is InChI=1S/C11H16ClN3OS/c1-8-5-10(12)15-11(14-8)17(16)7-9-3-2-4-13-6-9/h5,9,13H,2-4,6-7H2,1H3/t9-,17-/m0/s1. The molecule has 94 valence electrons. The first-order chi connectivity index (χ1) is 8.15. The van der Waals surface area contributed by atoms with E-state index in [9.17, 15) is 4.21 Å². The summed E-state index contributed by atoms with van der Waals surface area (Å²) in [4.78, 5) is 8.22. The predicted octanol–water partition coefficient (Wildman–Crippen LogP) is 1.55. The van der Waals surface area contributed by atoms with Gasteiger partial charge in [0.15, 0.2) is 0 Å². The second-order valence-corrected chi connectivity index (χ2v) is 6.12. The van der Waals surface area contributed by atoms with E-state index in [2.05, 4.69) is 15.3 Å². The maximum absolute atomic E-state index is 12.1. The van der Waals surface area contributed by atoms with E-state index in [0.717, 1.165) is 31.6 Å². The fourth-order valence-electron chi connectivity index (χ4n) is 1.96. The Hall–Kier alpha value is -0.520. The van der Waals surface area contributed by atoms with Gasteiger partial charge in [0.2, 0.25) is 5.16 Å². The molecule has 1 aliphatic heterocycles. The maximum Gasteiger partial charge on any atom is 0.220 e. The molecular formula is C11H16ClN3OS. The monoisotopic (exact) mass is 273 g/mol. The minimum atomic E-state index is -1.15. The summed E-state index contributed by atoms with van der Waals surface area (Å²) in [7, 11) is -1.15. The van der Waals surface area contributed by atoms with Gasteiger partial charge >= 0.3 is 0 Å². The van der Waals surface area contributed by atoms with Gasteiger partial charge in [0.1, 0.15) is 5.15 Å². The number of halogens is 1. The van der Waals surface area contributed by atoms with Crippen LogP contribution in [0.25, 0.3) is 0 Å². The van der Waals surface area contributed by atoms with Crippen LogP contribution in [-0.4, -0.2) is 33.0 Å². The fraction of sp³-hybridized carbons (Fsp3) is 0.636. The highest BCUT2D eigenvalue weighted by atomic mass is 35.5. The molecule has 1 N–H and O–H groups in total. The highest BCUT2D eigenvalue weighted by molar-refractivity contribution is 7.84. The van der Waals surface area contributed by atoms with Crippen molar-refractivity contribution >= 4 is 22.4 Å². The average molecular weight is 274 g/mol. The molecule has 0 aromatic carbocycles.